The van der Waals surface area contributed by atoms with Gasteiger partial charge in [-0.05, 0) is 30.4 Å². The van der Waals surface area contributed by atoms with Crippen LogP contribution in [0.3, 0.4) is 0 Å². The lowest BCUT2D eigenvalue weighted by molar-refractivity contribution is -0.141. The van der Waals surface area contributed by atoms with Crippen molar-refractivity contribution >= 4 is 5.97 Å². The largest absolute Gasteiger partial charge is 0.481 e. The number of rotatable bonds is 6. The van der Waals surface area contributed by atoms with Crippen molar-refractivity contribution in [1.82, 2.24) is 4.90 Å². The molecule has 0 aliphatic carbocycles. The van der Waals surface area contributed by atoms with E-state index < -0.39 is 5.97 Å². The summed E-state index contributed by atoms with van der Waals surface area (Å²) >= 11 is 0. The van der Waals surface area contributed by atoms with Crippen LogP contribution in [0.5, 0.6) is 0 Å². The Balaban J connectivity index is 2.78. The van der Waals surface area contributed by atoms with Gasteiger partial charge >= 0.3 is 5.97 Å². The van der Waals surface area contributed by atoms with E-state index in [9.17, 15) is 4.79 Å². The van der Waals surface area contributed by atoms with E-state index in [2.05, 4.69) is 63.8 Å². The highest BCUT2D eigenvalue weighted by molar-refractivity contribution is 5.69. The number of carboxylic acids is 1. The first-order chi connectivity index (χ1) is 9.61. The molecule has 1 rings (SSSR count). The lowest BCUT2D eigenvalue weighted by Crippen LogP contribution is -2.36. The Labute approximate surface area is 129 Å². The number of benzene rings is 1. The predicted molar refractivity (Wildman–Crippen MR) is 87.5 cm³/mol. The van der Waals surface area contributed by atoms with E-state index in [-0.39, 0.29) is 11.3 Å². The molecule has 118 valence electrons. The summed E-state index contributed by atoms with van der Waals surface area (Å²) in [7, 11) is 0. The summed E-state index contributed by atoms with van der Waals surface area (Å²) in [4.78, 5) is 13.3. The molecule has 0 radical (unpaired) electrons. The van der Waals surface area contributed by atoms with Crippen LogP contribution in [0.25, 0.3) is 0 Å². The summed E-state index contributed by atoms with van der Waals surface area (Å²) in [5.74, 6) is -1.08. The van der Waals surface area contributed by atoms with E-state index in [1.165, 1.54) is 11.1 Å². The minimum absolute atomic E-state index is 0.161. The molecule has 0 amide bonds. The Morgan fingerprint density at radius 1 is 1.14 bits per heavy atom. The molecule has 0 saturated heterocycles. The third kappa shape index (κ3) is 5.50. The third-order valence-corrected chi connectivity index (χ3v) is 3.87. The fourth-order valence-electron chi connectivity index (χ4n) is 2.23. The number of hydrogen-bond donors (Lipinski definition) is 1. The van der Waals surface area contributed by atoms with Gasteiger partial charge in [-0.25, -0.2) is 0 Å². The second kappa shape index (κ2) is 7.08. The van der Waals surface area contributed by atoms with Crippen molar-refractivity contribution in [2.24, 2.45) is 5.92 Å². The van der Waals surface area contributed by atoms with E-state index in [4.69, 9.17) is 5.11 Å². The van der Waals surface area contributed by atoms with E-state index >= 15 is 0 Å². The van der Waals surface area contributed by atoms with Crippen molar-refractivity contribution in [1.29, 1.82) is 0 Å². The minimum atomic E-state index is -0.733. The Bertz CT molecular complexity index is 457. The molecule has 1 unspecified atom stereocenters. The van der Waals surface area contributed by atoms with Crippen LogP contribution in [-0.4, -0.2) is 28.6 Å². The second-order valence-electron chi connectivity index (χ2n) is 7.21. The van der Waals surface area contributed by atoms with Crippen LogP contribution < -0.4 is 0 Å². The van der Waals surface area contributed by atoms with Crippen molar-refractivity contribution < 1.29 is 9.90 Å². The summed E-state index contributed by atoms with van der Waals surface area (Å²) in [6, 6.07) is 8.99. The third-order valence-electron chi connectivity index (χ3n) is 3.87. The molecule has 3 heteroatoms. The van der Waals surface area contributed by atoms with Crippen LogP contribution in [0.1, 0.15) is 52.7 Å². The van der Waals surface area contributed by atoms with Gasteiger partial charge < -0.3 is 5.11 Å². The van der Waals surface area contributed by atoms with Gasteiger partial charge in [0.2, 0.25) is 0 Å². The zero-order valence-electron chi connectivity index (χ0n) is 14.2. The normalized spacial score (nSPS) is 13.7. The first-order valence-corrected chi connectivity index (χ1v) is 7.67. The maximum Gasteiger partial charge on any atom is 0.307 e. The molecule has 1 aromatic carbocycles. The summed E-state index contributed by atoms with van der Waals surface area (Å²) in [5, 5.41) is 9.08. The molecular weight excluding hydrogens is 262 g/mol. The highest BCUT2D eigenvalue weighted by atomic mass is 16.4. The maximum atomic E-state index is 11.0. The lowest BCUT2D eigenvalue weighted by Gasteiger charge is -2.28. The molecule has 1 atom stereocenters. The molecule has 1 N–H and O–H groups in total. The van der Waals surface area contributed by atoms with Crippen molar-refractivity contribution in [3.8, 4) is 0 Å². The van der Waals surface area contributed by atoms with Crippen molar-refractivity contribution in [3.05, 3.63) is 35.4 Å². The van der Waals surface area contributed by atoms with Crippen LogP contribution in [-0.2, 0) is 16.8 Å². The van der Waals surface area contributed by atoms with Gasteiger partial charge in [-0.2, -0.15) is 0 Å². The van der Waals surface area contributed by atoms with Gasteiger partial charge in [0, 0.05) is 19.1 Å². The quantitative estimate of drug-likeness (QED) is 0.863. The monoisotopic (exact) mass is 291 g/mol. The zero-order chi connectivity index (χ0) is 16.2. The van der Waals surface area contributed by atoms with E-state index in [0.29, 0.717) is 12.6 Å². The molecule has 1 aromatic rings. The minimum Gasteiger partial charge on any atom is -0.481 e. The molecule has 0 aromatic heterocycles. The molecule has 0 spiro atoms. The molecule has 0 heterocycles. The Hall–Kier alpha value is -1.35. The van der Waals surface area contributed by atoms with Crippen molar-refractivity contribution in [3.63, 3.8) is 0 Å². The Morgan fingerprint density at radius 3 is 2.05 bits per heavy atom. The van der Waals surface area contributed by atoms with E-state index in [1.54, 1.807) is 6.92 Å². The smallest absolute Gasteiger partial charge is 0.307 e. The van der Waals surface area contributed by atoms with Gasteiger partial charge in [-0.3, -0.25) is 9.69 Å². The number of carbonyl (C=O) groups is 1. The van der Waals surface area contributed by atoms with Gasteiger partial charge in [0.25, 0.3) is 0 Å². The summed E-state index contributed by atoms with van der Waals surface area (Å²) in [5.41, 5.74) is 2.71. The van der Waals surface area contributed by atoms with Crippen LogP contribution in [0.2, 0.25) is 0 Å². The molecular formula is C18H29NO2. The maximum absolute atomic E-state index is 11.0. The van der Waals surface area contributed by atoms with E-state index in [0.717, 1.165) is 6.54 Å². The highest BCUT2D eigenvalue weighted by Crippen LogP contribution is 2.22. The zero-order valence-corrected chi connectivity index (χ0v) is 14.2. The Kier molecular flexibility index (Phi) is 5.97. The van der Waals surface area contributed by atoms with Gasteiger partial charge in [0.1, 0.15) is 0 Å². The first-order valence-electron chi connectivity index (χ1n) is 7.67. The molecule has 0 bridgehead atoms. The fourth-order valence-corrected chi connectivity index (χ4v) is 2.23. The van der Waals surface area contributed by atoms with Crippen LogP contribution in [0, 0.1) is 5.92 Å². The SMILES string of the molecule is CC(CN(Cc1ccc(C(C)(C)C)cc1)C(C)C)C(=O)O. The first kappa shape index (κ1) is 17.7. The molecule has 0 fully saturated rings. The molecule has 0 aliphatic rings. The predicted octanol–water partition coefficient (Wildman–Crippen LogP) is 3.92. The standard InChI is InChI=1S/C18H29NO2/c1-13(2)19(11-14(3)17(20)21)12-15-7-9-16(10-8-15)18(4,5)6/h7-10,13-14H,11-12H2,1-6H3,(H,20,21). The average molecular weight is 291 g/mol. The topological polar surface area (TPSA) is 40.5 Å². The molecule has 0 saturated carbocycles. The average Bonchev–Trinajstić information content (AvgIpc) is 2.37. The van der Waals surface area contributed by atoms with Crippen molar-refractivity contribution in [2.45, 2.75) is 59.5 Å². The second-order valence-corrected chi connectivity index (χ2v) is 7.21. The van der Waals surface area contributed by atoms with E-state index in [1.807, 2.05) is 0 Å². The number of aliphatic carboxylic acids is 1. The fraction of sp³-hybridized carbons (Fsp3) is 0.611. The van der Waals surface area contributed by atoms with Gasteiger partial charge in [0.15, 0.2) is 0 Å². The Morgan fingerprint density at radius 2 is 1.67 bits per heavy atom. The molecule has 21 heavy (non-hydrogen) atoms. The van der Waals surface area contributed by atoms with Gasteiger partial charge in [-0.1, -0.05) is 52.0 Å². The number of hydrogen-bond acceptors (Lipinski definition) is 2. The van der Waals surface area contributed by atoms with Gasteiger partial charge in [0.05, 0.1) is 5.92 Å². The van der Waals surface area contributed by atoms with Crippen LogP contribution >= 0.6 is 0 Å². The highest BCUT2D eigenvalue weighted by Gasteiger charge is 2.19. The summed E-state index contributed by atoms with van der Waals surface area (Å²) < 4.78 is 0. The van der Waals surface area contributed by atoms with Gasteiger partial charge in [-0.15, -0.1) is 0 Å². The number of nitrogens with zero attached hydrogens (tertiary/aromatic N) is 1. The summed E-state index contributed by atoms with van der Waals surface area (Å²) in [6.45, 7) is 14.0. The lowest BCUT2D eigenvalue weighted by atomic mass is 9.86. The summed E-state index contributed by atoms with van der Waals surface area (Å²) in [6.07, 6.45) is 0. The van der Waals surface area contributed by atoms with Crippen molar-refractivity contribution in [2.75, 3.05) is 6.54 Å². The molecule has 0 aliphatic heterocycles. The van der Waals surface area contributed by atoms with Crippen LogP contribution in [0.4, 0.5) is 0 Å². The molecule has 3 nitrogen and oxygen atoms in total. The number of carboxylic acid groups (broad SMARTS) is 1. The van der Waals surface area contributed by atoms with Crippen LogP contribution in [0.15, 0.2) is 24.3 Å².